The van der Waals surface area contributed by atoms with E-state index in [1.807, 2.05) is 0 Å². The summed E-state index contributed by atoms with van der Waals surface area (Å²) in [4.78, 5) is 16.7. The molecule has 0 spiro atoms. The molecule has 0 heterocycles. The van der Waals surface area contributed by atoms with Crippen LogP contribution in [0.5, 0.6) is 0 Å². The molecule has 0 saturated heterocycles. The quantitative estimate of drug-likeness (QED) is 0.427. The average molecular weight is 136 g/mol. The maximum absolute atomic E-state index is 9.69. The van der Waals surface area contributed by atoms with E-state index in [0.29, 0.717) is 11.4 Å². The first-order chi connectivity index (χ1) is 4.72. The van der Waals surface area contributed by atoms with Crippen LogP contribution in [0.4, 0.5) is 0 Å². The second kappa shape index (κ2) is 4.41. The van der Waals surface area contributed by atoms with Gasteiger partial charge in [0.1, 0.15) is 0 Å². The summed E-state index contributed by atoms with van der Waals surface area (Å²) in [5, 5.41) is 0. The third-order valence-corrected chi connectivity index (χ3v) is 0.883. The molecule has 0 fully saturated rings. The molecular formula is C7H8N2O. The van der Waals surface area contributed by atoms with Gasteiger partial charge < -0.3 is 0 Å². The summed E-state index contributed by atoms with van der Waals surface area (Å²) in [6, 6.07) is 0. The van der Waals surface area contributed by atoms with Crippen molar-refractivity contribution < 1.29 is 4.79 Å². The van der Waals surface area contributed by atoms with Crippen molar-refractivity contribution in [3.05, 3.63) is 25.1 Å². The van der Waals surface area contributed by atoms with Crippen LogP contribution in [0, 0.1) is 0 Å². The molecule has 0 aliphatic rings. The van der Waals surface area contributed by atoms with Crippen LogP contribution in [0.3, 0.4) is 0 Å². The molecular weight excluding hydrogens is 128 g/mol. The number of carbonyl (C=O) groups excluding carboxylic acids is 1. The Morgan fingerprint density at radius 1 is 1.70 bits per heavy atom. The van der Waals surface area contributed by atoms with E-state index in [9.17, 15) is 4.79 Å². The SMILES string of the molecule is C=CN=C(C)C(=C)N=C=O. The molecule has 52 valence electrons. The monoisotopic (exact) mass is 136 g/mol. The molecule has 0 bridgehead atoms. The van der Waals surface area contributed by atoms with Gasteiger partial charge in [-0.25, -0.2) is 4.79 Å². The summed E-state index contributed by atoms with van der Waals surface area (Å²) in [5.41, 5.74) is 0.883. The summed E-state index contributed by atoms with van der Waals surface area (Å²) in [5.74, 6) is 0. The summed E-state index contributed by atoms with van der Waals surface area (Å²) < 4.78 is 0. The van der Waals surface area contributed by atoms with E-state index in [2.05, 4.69) is 23.1 Å². The van der Waals surface area contributed by atoms with Gasteiger partial charge in [-0.15, -0.1) is 0 Å². The number of rotatable bonds is 3. The predicted molar refractivity (Wildman–Crippen MR) is 40.6 cm³/mol. The van der Waals surface area contributed by atoms with Crippen molar-refractivity contribution >= 4 is 11.8 Å². The Labute approximate surface area is 59.5 Å². The van der Waals surface area contributed by atoms with E-state index in [1.165, 1.54) is 12.3 Å². The van der Waals surface area contributed by atoms with Crippen molar-refractivity contribution in [1.29, 1.82) is 0 Å². The lowest BCUT2D eigenvalue weighted by Gasteiger charge is -1.90. The maximum Gasteiger partial charge on any atom is 0.240 e. The number of isocyanates is 1. The van der Waals surface area contributed by atoms with E-state index >= 15 is 0 Å². The second-order valence-electron chi connectivity index (χ2n) is 1.55. The van der Waals surface area contributed by atoms with Crippen molar-refractivity contribution in [2.75, 3.05) is 0 Å². The van der Waals surface area contributed by atoms with Crippen LogP contribution in [0.2, 0.25) is 0 Å². The van der Waals surface area contributed by atoms with E-state index in [-0.39, 0.29) is 0 Å². The van der Waals surface area contributed by atoms with E-state index in [0.717, 1.165) is 0 Å². The Morgan fingerprint density at radius 3 is 2.70 bits per heavy atom. The van der Waals surface area contributed by atoms with Gasteiger partial charge in [0, 0.05) is 6.20 Å². The van der Waals surface area contributed by atoms with Crippen molar-refractivity contribution in [2.24, 2.45) is 9.98 Å². The number of hydrogen-bond acceptors (Lipinski definition) is 3. The molecule has 0 atom stereocenters. The van der Waals surface area contributed by atoms with Crippen molar-refractivity contribution in [3.63, 3.8) is 0 Å². The number of hydrogen-bond donors (Lipinski definition) is 0. The maximum atomic E-state index is 9.69. The third-order valence-electron chi connectivity index (χ3n) is 0.883. The molecule has 0 aliphatic heterocycles. The average Bonchev–Trinajstić information content (AvgIpc) is 1.89. The number of nitrogens with zero attached hydrogens (tertiary/aromatic N) is 2. The molecule has 0 aromatic rings. The highest BCUT2D eigenvalue weighted by Crippen LogP contribution is 1.94. The first kappa shape index (κ1) is 8.53. The Balaban J connectivity index is 4.35. The third kappa shape index (κ3) is 2.74. The molecule has 3 heteroatoms. The lowest BCUT2D eigenvalue weighted by molar-refractivity contribution is 0.565. The topological polar surface area (TPSA) is 41.8 Å². The fraction of sp³-hybridized carbons (Fsp3) is 0.143. The van der Waals surface area contributed by atoms with Crippen molar-refractivity contribution in [2.45, 2.75) is 6.92 Å². The van der Waals surface area contributed by atoms with E-state index in [1.54, 1.807) is 6.92 Å². The zero-order chi connectivity index (χ0) is 7.98. The predicted octanol–water partition coefficient (Wildman–Crippen LogP) is 1.44. The Morgan fingerprint density at radius 2 is 2.30 bits per heavy atom. The van der Waals surface area contributed by atoms with Crippen LogP contribution >= 0.6 is 0 Å². The molecule has 10 heavy (non-hydrogen) atoms. The van der Waals surface area contributed by atoms with Gasteiger partial charge in [0.25, 0.3) is 0 Å². The molecule has 0 saturated carbocycles. The minimum Gasteiger partial charge on any atom is -0.260 e. The lowest BCUT2D eigenvalue weighted by atomic mass is 10.3. The Bertz CT molecular complexity index is 222. The van der Waals surface area contributed by atoms with Crippen molar-refractivity contribution in [1.82, 2.24) is 0 Å². The van der Waals surface area contributed by atoms with Crippen LogP contribution in [-0.4, -0.2) is 11.8 Å². The fourth-order valence-electron chi connectivity index (χ4n) is 0.347. The zero-order valence-electron chi connectivity index (χ0n) is 5.79. The molecule has 0 aromatic heterocycles. The van der Waals surface area contributed by atoms with Gasteiger partial charge >= 0.3 is 0 Å². The summed E-state index contributed by atoms with van der Waals surface area (Å²) in [6.07, 6.45) is 2.73. The summed E-state index contributed by atoms with van der Waals surface area (Å²) in [7, 11) is 0. The summed E-state index contributed by atoms with van der Waals surface area (Å²) in [6.45, 7) is 8.51. The van der Waals surface area contributed by atoms with Crippen LogP contribution < -0.4 is 0 Å². The molecule has 0 rings (SSSR count). The first-order valence-electron chi connectivity index (χ1n) is 2.64. The molecule has 0 radical (unpaired) electrons. The Kier molecular flexibility index (Phi) is 3.76. The summed E-state index contributed by atoms with van der Waals surface area (Å²) >= 11 is 0. The highest BCUT2D eigenvalue weighted by atomic mass is 16.1. The molecule has 3 nitrogen and oxygen atoms in total. The van der Waals surface area contributed by atoms with Gasteiger partial charge in [-0.3, -0.25) is 4.99 Å². The normalized spacial score (nSPS) is 9.90. The molecule has 0 aliphatic carbocycles. The van der Waals surface area contributed by atoms with Crippen LogP contribution in [0.25, 0.3) is 0 Å². The van der Waals surface area contributed by atoms with Gasteiger partial charge in [-0.2, -0.15) is 4.99 Å². The first-order valence-corrected chi connectivity index (χ1v) is 2.64. The molecule has 0 unspecified atom stereocenters. The smallest absolute Gasteiger partial charge is 0.240 e. The van der Waals surface area contributed by atoms with Gasteiger partial charge in [-0.05, 0) is 6.92 Å². The van der Waals surface area contributed by atoms with Crippen LogP contribution in [0.1, 0.15) is 6.92 Å². The highest BCUT2D eigenvalue weighted by Gasteiger charge is 1.91. The molecule has 0 aromatic carbocycles. The molecule has 0 amide bonds. The van der Waals surface area contributed by atoms with E-state index < -0.39 is 0 Å². The van der Waals surface area contributed by atoms with Gasteiger partial charge in [-0.1, -0.05) is 13.2 Å². The molecule has 0 N–H and O–H groups in total. The van der Waals surface area contributed by atoms with E-state index in [4.69, 9.17) is 0 Å². The van der Waals surface area contributed by atoms with Gasteiger partial charge in [0.05, 0.1) is 11.4 Å². The standard InChI is InChI=1S/C7H8N2O/c1-4-8-6(2)7(3)9-5-10/h4H,1,3H2,2H3. The van der Waals surface area contributed by atoms with Crippen LogP contribution in [0.15, 0.2) is 35.0 Å². The fourth-order valence-corrected chi connectivity index (χ4v) is 0.347. The highest BCUT2D eigenvalue weighted by molar-refractivity contribution is 5.98. The van der Waals surface area contributed by atoms with Gasteiger partial charge in [0.2, 0.25) is 6.08 Å². The Hall–Kier alpha value is -1.47. The zero-order valence-corrected chi connectivity index (χ0v) is 5.79. The van der Waals surface area contributed by atoms with Crippen molar-refractivity contribution in [3.8, 4) is 0 Å². The number of aliphatic imine (C=N–C) groups is 2. The van der Waals surface area contributed by atoms with Crippen LogP contribution in [-0.2, 0) is 4.79 Å². The minimum absolute atomic E-state index is 0.315. The number of allylic oxidation sites excluding steroid dienone is 1. The lowest BCUT2D eigenvalue weighted by Crippen LogP contribution is -1.90. The van der Waals surface area contributed by atoms with Gasteiger partial charge in [0.15, 0.2) is 0 Å². The second-order valence-corrected chi connectivity index (χ2v) is 1.55. The minimum atomic E-state index is 0.315. The largest absolute Gasteiger partial charge is 0.260 e.